The van der Waals surface area contributed by atoms with Crippen molar-refractivity contribution in [3.63, 3.8) is 0 Å². The van der Waals surface area contributed by atoms with Crippen LogP contribution in [0, 0.1) is 18.3 Å². The van der Waals surface area contributed by atoms with E-state index in [1.807, 2.05) is 11.9 Å². The summed E-state index contributed by atoms with van der Waals surface area (Å²) in [5, 5.41) is 0. The van der Waals surface area contributed by atoms with Gasteiger partial charge in [-0.2, -0.15) is 0 Å². The second-order valence-corrected chi connectivity index (χ2v) is 9.09. The van der Waals surface area contributed by atoms with E-state index >= 15 is 0 Å². The first kappa shape index (κ1) is 17.8. The molecule has 0 bridgehead atoms. The van der Waals surface area contributed by atoms with Crippen LogP contribution in [0.3, 0.4) is 0 Å². The van der Waals surface area contributed by atoms with E-state index in [4.69, 9.17) is 0 Å². The highest BCUT2D eigenvalue weighted by atomic mass is 16.2. The van der Waals surface area contributed by atoms with Crippen LogP contribution >= 0.6 is 0 Å². The molecule has 2 saturated heterocycles. The zero-order valence-corrected chi connectivity index (χ0v) is 16.4. The maximum absolute atomic E-state index is 12.7. The van der Waals surface area contributed by atoms with Crippen LogP contribution in [0.25, 0.3) is 0 Å². The molecule has 0 aromatic heterocycles. The predicted octanol–water partition coefficient (Wildman–Crippen LogP) is 3.74. The third kappa shape index (κ3) is 3.62. The van der Waals surface area contributed by atoms with Gasteiger partial charge in [-0.15, -0.1) is 0 Å². The van der Waals surface area contributed by atoms with Crippen LogP contribution in [0.1, 0.15) is 43.2 Å². The molecule has 2 heterocycles. The maximum Gasteiger partial charge on any atom is 0.319 e. The molecule has 0 unspecified atom stereocenters. The third-order valence-corrected chi connectivity index (χ3v) is 6.68. The Morgan fingerprint density at radius 2 is 1.81 bits per heavy atom. The second kappa shape index (κ2) is 7.22. The smallest absolute Gasteiger partial charge is 0.319 e. The van der Waals surface area contributed by atoms with Gasteiger partial charge in [0.2, 0.25) is 0 Å². The van der Waals surface area contributed by atoms with Crippen molar-refractivity contribution in [2.24, 2.45) is 11.3 Å². The number of likely N-dealkylation sites (tertiary alicyclic amines) is 2. The fourth-order valence-electron chi connectivity index (χ4n) is 5.22. The predicted molar refractivity (Wildman–Crippen MR) is 105 cm³/mol. The van der Waals surface area contributed by atoms with Gasteiger partial charge in [0.05, 0.1) is 0 Å². The molecule has 3 fully saturated rings. The van der Waals surface area contributed by atoms with Crippen molar-refractivity contribution < 1.29 is 4.79 Å². The Labute approximate surface area is 158 Å². The Morgan fingerprint density at radius 1 is 1.12 bits per heavy atom. The number of carbonyl (C=O) groups is 1. The molecule has 2 aliphatic heterocycles. The van der Waals surface area contributed by atoms with E-state index in [2.05, 4.69) is 41.0 Å². The van der Waals surface area contributed by atoms with Gasteiger partial charge < -0.3 is 9.80 Å². The molecule has 1 aliphatic carbocycles. The second-order valence-electron chi connectivity index (χ2n) is 9.09. The van der Waals surface area contributed by atoms with Gasteiger partial charge in [0, 0.05) is 51.7 Å². The van der Waals surface area contributed by atoms with Gasteiger partial charge in [-0.3, -0.25) is 4.90 Å². The van der Waals surface area contributed by atoms with Crippen molar-refractivity contribution in [1.82, 2.24) is 14.7 Å². The molecule has 0 atom stereocenters. The summed E-state index contributed by atoms with van der Waals surface area (Å²) in [5.41, 5.74) is 3.19. The molecule has 4 nitrogen and oxygen atoms in total. The number of urea groups is 1. The van der Waals surface area contributed by atoms with Gasteiger partial charge >= 0.3 is 6.03 Å². The van der Waals surface area contributed by atoms with Crippen molar-refractivity contribution in [2.45, 2.75) is 45.6 Å². The molecule has 4 heteroatoms. The van der Waals surface area contributed by atoms with Crippen molar-refractivity contribution in [3.05, 3.63) is 35.4 Å². The van der Waals surface area contributed by atoms with Crippen molar-refractivity contribution in [1.29, 1.82) is 0 Å². The molecule has 0 N–H and O–H groups in total. The topological polar surface area (TPSA) is 26.8 Å². The highest BCUT2D eigenvalue weighted by Gasteiger charge is 2.53. The number of hydrogen-bond donors (Lipinski definition) is 0. The minimum absolute atomic E-state index is 0.249. The Morgan fingerprint density at radius 3 is 2.50 bits per heavy atom. The summed E-state index contributed by atoms with van der Waals surface area (Å²) in [6.45, 7) is 8.35. The minimum atomic E-state index is 0.249. The van der Waals surface area contributed by atoms with Crippen LogP contribution in [0.5, 0.6) is 0 Å². The van der Waals surface area contributed by atoms with Crippen LogP contribution in [-0.2, 0) is 6.54 Å². The van der Waals surface area contributed by atoms with Gasteiger partial charge in [0.1, 0.15) is 0 Å². The quantitative estimate of drug-likeness (QED) is 0.822. The molecule has 4 rings (SSSR count). The Kier molecular flexibility index (Phi) is 4.96. The molecule has 142 valence electrons. The first-order valence-corrected chi connectivity index (χ1v) is 10.3. The first-order chi connectivity index (χ1) is 12.5. The standard InChI is InChI=1S/C22H33N3O/c1-18-8-6-7-11-20(18)13-24-14-22(15-24)16-25(17-22)21(26)23(2)12-19-9-4-3-5-10-19/h6-8,11,19H,3-5,9-10,12-17H2,1-2H3. The number of amides is 2. The lowest BCUT2D eigenvalue weighted by atomic mass is 9.72. The minimum Gasteiger partial charge on any atom is -0.327 e. The molecule has 1 spiro atoms. The Bertz CT molecular complexity index is 639. The fourth-order valence-corrected chi connectivity index (χ4v) is 5.22. The van der Waals surface area contributed by atoms with Crippen molar-refractivity contribution in [3.8, 4) is 0 Å². The van der Waals surface area contributed by atoms with Crippen molar-refractivity contribution in [2.75, 3.05) is 39.8 Å². The van der Waals surface area contributed by atoms with E-state index < -0.39 is 0 Å². The van der Waals surface area contributed by atoms with E-state index in [1.165, 1.54) is 43.2 Å². The highest BCUT2D eigenvalue weighted by molar-refractivity contribution is 5.75. The van der Waals surface area contributed by atoms with Crippen LogP contribution in [0.4, 0.5) is 4.79 Å². The first-order valence-electron chi connectivity index (χ1n) is 10.3. The number of benzene rings is 1. The van der Waals surface area contributed by atoms with E-state index in [0.717, 1.165) is 45.2 Å². The number of hydrogen-bond acceptors (Lipinski definition) is 2. The van der Waals surface area contributed by atoms with Crippen LogP contribution < -0.4 is 0 Å². The third-order valence-electron chi connectivity index (χ3n) is 6.68. The number of nitrogens with zero attached hydrogens (tertiary/aromatic N) is 3. The highest BCUT2D eigenvalue weighted by Crippen LogP contribution is 2.40. The molecule has 3 aliphatic rings. The SMILES string of the molecule is Cc1ccccc1CN1CC2(C1)CN(C(=O)N(C)CC1CCCCC1)C2. The largest absolute Gasteiger partial charge is 0.327 e. The average molecular weight is 356 g/mol. The van der Waals surface area contributed by atoms with E-state index in [-0.39, 0.29) is 6.03 Å². The van der Waals surface area contributed by atoms with Gasteiger partial charge in [-0.1, -0.05) is 43.5 Å². The molecular formula is C22H33N3O. The van der Waals surface area contributed by atoms with Crippen LogP contribution in [0.2, 0.25) is 0 Å². The molecule has 26 heavy (non-hydrogen) atoms. The monoisotopic (exact) mass is 355 g/mol. The number of carbonyl (C=O) groups excluding carboxylic acids is 1. The van der Waals surface area contributed by atoms with Gasteiger partial charge in [0.15, 0.2) is 0 Å². The summed E-state index contributed by atoms with van der Waals surface area (Å²) < 4.78 is 0. The number of rotatable bonds is 4. The van der Waals surface area contributed by atoms with E-state index in [1.54, 1.807) is 0 Å². The lowest BCUT2D eigenvalue weighted by Crippen LogP contribution is -2.73. The van der Waals surface area contributed by atoms with E-state index in [9.17, 15) is 4.79 Å². The molecule has 0 radical (unpaired) electrons. The summed E-state index contributed by atoms with van der Waals surface area (Å²) in [4.78, 5) is 19.2. The molecule has 2 amide bonds. The summed E-state index contributed by atoms with van der Waals surface area (Å²) in [6.07, 6.45) is 6.67. The maximum atomic E-state index is 12.7. The van der Waals surface area contributed by atoms with Crippen molar-refractivity contribution >= 4 is 6.03 Å². The summed E-state index contributed by atoms with van der Waals surface area (Å²) in [7, 11) is 1.99. The summed E-state index contributed by atoms with van der Waals surface area (Å²) in [6, 6.07) is 8.91. The lowest BCUT2D eigenvalue weighted by Gasteiger charge is -2.60. The Balaban J connectivity index is 1.20. The van der Waals surface area contributed by atoms with Gasteiger partial charge in [-0.25, -0.2) is 4.79 Å². The summed E-state index contributed by atoms with van der Waals surface area (Å²) >= 11 is 0. The van der Waals surface area contributed by atoms with Gasteiger partial charge in [-0.05, 0) is 36.8 Å². The van der Waals surface area contributed by atoms with E-state index in [0.29, 0.717) is 5.41 Å². The zero-order valence-electron chi connectivity index (χ0n) is 16.4. The normalized spacial score (nSPS) is 22.8. The average Bonchev–Trinajstić information content (AvgIpc) is 2.57. The zero-order chi connectivity index (χ0) is 18.1. The molecule has 1 aromatic rings. The van der Waals surface area contributed by atoms with Gasteiger partial charge in [0.25, 0.3) is 0 Å². The lowest BCUT2D eigenvalue weighted by molar-refractivity contribution is -0.102. The Hall–Kier alpha value is -1.55. The molecule has 1 aromatic carbocycles. The molecular weight excluding hydrogens is 322 g/mol. The fraction of sp³-hybridized carbons (Fsp3) is 0.682. The van der Waals surface area contributed by atoms with Crippen LogP contribution in [0.15, 0.2) is 24.3 Å². The molecule has 1 saturated carbocycles. The van der Waals surface area contributed by atoms with Crippen LogP contribution in [-0.4, -0.2) is 60.5 Å². The number of aryl methyl sites for hydroxylation is 1. The summed E-state index contributed by atoms with van der Waals surface area (Å²) in [5.74, 6) is 0.723.